The van der Waals surface area contributed by atoms with E-state index >= 15 is 0 Å². The molecule has 1 aromatic carbocycles. The smallest absolute Gasteiger partial charge is 0.257 e. The van der Waals surface area contributed by atoms with Crippen molar-refractivity contribution in [1.82, 2.24) is 5.32 Å². The molecular weight excluding hydrogens is 346 g/mol. The zero-order valence-electron chi connectivity index (χ0n) is 14.3. The van der Waals surface area contributed by atoms with Crippen LogP contribution in [0.1, 0.15) is 45.7 Å². The highest BCUT2D eigenvalue weighted by molar-refractivity contribution is 8.03. The fourth-order valence-corrected chi connectivity index (χ4v) is 6.15. The Morgan fingerprint density at radius 1 is 1.08 bits per heavy atom. The van der Waals surface area contributed by atoms with Crippen LogP contribution in [0.3, 0.4) is 0 Å². The van der Waals surface area contributed by atoms with Gasteiger partial charge in [-0.05, 0) is 61.3 Å². The number of hydrogen-bond donors (Lipinski definition) is 1. The molecule has 0 radical (unpaired) electrons. The van der Waals surface area contributed by atoms with E-state index in [0.717, 1.165) is 30.0 Å². The number of thioether (sulfide) groups is 1. The zero-order chi connectivity index (χ0) is 17.1. The summed E-state index contributed by atoms with van der Waals surface area (Å²) in [5, 5.41) is 3.09. The fourth-order valence-electron chi connectivity index (χ4n) is 3.60. The third-order valence-electron chi connectivity index (χ3n) is 4.94. The lowest BCUT2D eigenvalue weighted by Gasteiger charge is -2.16. The van der Waals surface area contributed by atoms with E-state index in [1.165, 1.54) is 41.7 Å². The van der Waals surface area contributed by atoms with E-state index in [1.54, 1.807) is 22.2 Å². The van der Waals surface area contributed by atoms with Crippen LogP contribution in [0.2, 0.25) is 0 Å². The molecule has 0 unspecified atom stereocenters. The summed E-state index contributed by atoms with van der Waals surface area (Å²) in [7, 11) is 0. The van der Waals surface area contributed by atoms with Gasteiger partial charge in [0.25, 0.3) is 5.91 Å². The lowest BCUT2D eigenvalue weighted by Crippen LogP contribution is -2.26. The van der Waals surface area contributed by atoms with Crippen molar-refractivity contribution >= 4 is 35.1 Å². The van der Waals surface area contributed by atoms with Crippen molar-refractivity contribution in [2.75, 3.05) is 6.54 Å². The molecule has 130 valence electrons. The average Bonchev–Trinajstić information content (AvgIpc) is 3.03. The molecule has 4 rings (SSSR count). The van der Waals surface area contributed by atoms with Gasteiger partial charge in [-0.3, -0.25) is 4.79 Å². The van der Waals surface area contributed by atoms with Crippen LogP contribution in [0.4, 0.5) is 0 Å². The number of amides is 1. The molecule has 2 aliphatic rings. The molecule has 1 aliphatic carbocycles. The minimum atomic E-state index is 0.0927. The van der Waals surface area contributed by atoms with E-state index in [1.807, 2.05) is 17.4 Å². The Labute approximate surface area is 157 Å². The number of carbonyl (C=O) groups excluding carboxylic acids is 1. The van der Waals surface area contributed by atoms with Crippen LogP contribution in [-0.4, -0.2) is 12.5 Å². The number of carbonyl (C=O) groups is 1. The zero-order valence-corrected chi connectivity index (χ0v) is 16.0. The van der Waals surface area contributed by atoms with E-state index in [4.69, 9.17) is 0 Å². The third-order valence-corrected chi connectivity index (χ3v) is 7.27. The first kappa shape index (κ1) is 16.9. The van der Waals surface area contributed by atoms with Gasteiger partial charge in [0.15, 0.2) is 0 Å². The van der Waals surface area contributed by atoms with E-state index in [0.29, 0.717) is 0 Å². The summed E-state index contributed by atoms with van der Waals surface area (Å²) in [4.78, 5) is 16.2. The topological polar surface area (TPSA) is 29.1 Å². The average molecular weight is 370 g/mol. The summed E-state index contributed by atoms with van der Waals surface area (Å²) >= 11 is 3.62. The summed E-state index contributed by atoms with van der Waals surface area (Å²) in [5.41, 5.74) is 4.43. The van der Waals surface area contributed by atoms with Crippen molar-refractivity contribution in [3.05, 3.63) is 61.7 Å². The standard InChI is InChI=1S/C21H23NOS2/c23-21(22-12-6-9-15-7-2-1-3-8-15)20-13-19-17(14-24-20)16-10-4-5-11-18(16)25-19/h1-3,7-8,13H,4-6,9-12,14H2,(H,22,23). The largest absolute Gasteiger partial charge is 0.352 e. The van der Waals surface area contributed by atoms with Crippen LogP contribution in [0.15, 0.2) is 35.2 Å². The Balaban J connectivity index is 1.34. The van der Waals surface area contributed by atoms with Crippen molar-refractivity contribution in [1.29, 1.82) is 0 Å². The summed E-state index contributed by atoms with van der Waals surface area (Å²) in [5.74, 6) is 1.06. The molecule has 25 heavy (non-hydrogen) atoms. The van der Waals surface area contributed by atoms with Gasteiger partial charge in [0, 0.05) is 22.1 Å². The molecule has 0 bridgehead atoms. The number of hydrogen-bond acceptors (Lipinski definition) is 3. The number of rotatable bonds is 5. The number of aryl methyl sites for hydroxylation is 2. The lowest BCUT2D eigenvalue weighted by molar-refractivity contribution is -0.116. The van der Waals surface area contributed by atoms with Gasteiger partial charge in [-0.25, -0.2) is 0 Å². The molecule has 0 saturated carbocycles. The molecule has 0 saturated heterocycles. The molecule has 0 spiro atoms. The van der Waals surface area contributed by atoms with Crippen molar-refractivity contribution in [3.63, 3.8) is 0 Å². The van der Waals surface area contributed by atoms with E-state index in [9.17, 15) is 4.79 Å². The monoisotopic (exact) mass is 369 g/mol. The summed E-state index contributed by atoms with van der Waals surface area (Å²) in [6.45, 7) is 0.736. The number of nitrogens with one attached hydrogen (secondary N) is 1. The Morgan fingerprint density at radius 3 is 2.80 bits per heavy atom. The first-order valence-electron chi connectivity index (χ1n) is 9.11. The highest BCUT2D eigenvalue weighted by Gasteiger charge is 2.24. The maximum Gasteiger partial charge on any atom is 0.257 e. The normalized spacial score (nSPS) is 15.9. The summed E-state index contributed by atoms with van der Waals surface area (Å²) in [6.07, 6.45) is 9.21. The molecule has 4 heteroatoms. The summed E-state index contributed by atoms with van der Waals surface area (Å²) < 4.78 is 0. The first-order valence-corrected chi connectivity index (χ1v) is 10.9. The van der Waals surface area contributed by atoms with Crippen molar-refractivity contribution in [2.45, 2.75) is 44.3 Å². The van der Waals surface area contributed by atoms with Crippen LogP contribution < -0.4 is 5.32 Å². The number of fused-ring (bicyclic) bond motifs is 3. The molecule has 1 aromatic heterocycles. The van der Waals surface area contributed by atoms with Crippen molar-refractivity contribution in [3.8, 4) is 0 Å². The minimum Gasteiger partial charge on any atom is -0.352 e. The van der Waals surface area contributed by atoms with Crippen LogP contribution in [0.5, 0.6) is 0 Å². The number of thiophene rings is 1. The van der Waals surface area contributed by atoms with E-state index < -0.39 is 0 Å². The fraction of sp³-hybridized carbons (Fsp3) is 0.381. The minimum absolute atomic E-state index is 0.0927. The van der Waals surface area contributed by atoms with Crippen LogP contribution in [-0.2, 0) is 29.8 Å². The van der Waals surface area contributed by atoms with Gasteiger partial charge in [0.2, 0.25) is 0 Å². The van der Waals surface area contributed by atoms with Gasteiger partial charge in [-0.2, -0.15) is 0 Å². The predicted octanol–water partition coefficient (Wildman–Crippen LogP) is 4.96. The second-order valence-corrected chi connectivity index (χ2v) is 8.85. The molecule has 2 heterocycles. The molecule has 1 aliphatic heterocycles. The first-order chi connectivity index (χ1) is 12.3. The van der Waals surface area contributed by atoms with Gasteiger partial charge in [0.05, 0.1) is 4.91 Å². The second-order valence-electron chi connectivity index (χ2n) is 6.70. The molecule has 0 atom stereocenters. The van der Waals surface area contributed by atoms with Crippen LogP contribution >= 0.6 is 23.1 Å². The third kappa shape index (κ3) is 3.85. The quantitative estimate of drug-likeness (QED) is 0.755. The molecule has 0 fully saturated rings. The number of benzene rings is 1. The van der Waals surface area contributed by atoms with Crippen molar-refractivity contribution in [2.24, 2.45) is 0 Å². The molecule has 2 nitrogen and oxygen atoms in total. The SMILES string of the molecule is O=C(NCCCc1ccccc1)C1=Cc2sc3c(c2CS1)CCCC3. The van der Waals surface area contributed by atoms with Crippen LogP contribution in [0.25, 0.3) is 6.08 Å². The van der Waals surface area contributed by atoms with Gasteiger partial charge >= 0.3 is 0 Å². The van der Waals surface area contributed by atoms with E-state index in [2.05, 4.69) is 35.7 Å². The summed E-state index contributed by atoms with van der Waals surface area (Å²) in [6, 6.07) is 10.4. The Morgan fingerprint density at radius 2 is 1.92 bits per heavy atom. The van der Waals surface area contributed by atoms with Gasteiger partial charge in [-0.1, -0.05) is 30.3 Å². The predicted molar refractivity (Wildman–Crippen MR) is 108 cm³/mol. The Bertz CT molecular complexity index is 792. The Kier molecular flexibility index (Phi) is 5.28. The highest BCUT2D eigenvalue weighted by atomic mass is 32.2. The highest BCUT2D eigenvalue weighted by Crippen LogP contribution is 2.42. The van der Waals surface area contributed by atoms with Gasteiger partial charge < -0.3 is 5.32 Å². The van der Waals surface area contributed by atoms with Gasteiger partial charge in [-0.15, -0.1) is 23.1 Å². The Hall–Kier alpha value is -1.52. The molecule has 1 N–H and O–H groups in total. The van der Waals surface area contributed by atoms with Gasteiger partial charge in [0.1, 0.15) is 0 Å². The molecular formula is C21H23NOS2. The maximum absolute atomic E-state index is 12.5. The second kappa shape index (κ2) is 7.79. The lowest BCUT2D eigenvalue weighted by atomic mass is 9.95. The van der Waals surface area contributed by atoms with E-state index in [-0.39, 0.29) is 5.91 Å². The molecule has 1 amide bonds. The van der Waals surface area contributed by atoms with Crippen LogP contribution in [0, 0.1) is 0 Å². The maximum atomic E-state index is 12.5. The molecule has 2 aromatic rings. The van der Waals surface area contributed by atoms with Crippen molar-refractivity contribution < 1.29 is 4.79 Å².